The van der Waals surface area contributed by atoms with Crippen molar-refractivity contribution in [1.82, 2.24) is 5.32 Å². The summed E-state index contributed by atoms with van der Waals surface area (Å²) in [6.45, 7) is 2.27. The molecular formula is C25H25N3O4. The second kappa shape index (κ2) is 9.51. The maximum Gasteiger partial charge on any atom is 0.253 e. The van der Waals surface area contributed by atoms with Crippen LogP contribution in [-0.2, 0) is 9.59 Å². The Morgan fingerprint density at radius 3 is 2.28 bits per heavy atom. The number of nitrogens with one attached hydrogen (secondary N) is 3. The van der Waals surface area contributed by atoms with Crippen LogP contribution in [0.25, 0.3) is 10.8 Å². The van der Waals surface area contributed by atoms with E-state index in [4.69, 9.17) is 4.74 Å². The molecule has 1 fully saturated rings. The zero-order chi connectivity index (χ0) is 22.5. The normalized spacial score (nSPS) is 12.8. The van der Waals surface area contributed by atoms with Gasteiger partial charge in [0.05, 0.1) is 24.4 Å². The SMILES string of the molecule is CCOc1ccc(NC(=O)CNC(=O)c2cc3ccccc3cc2NC(=O)C2CC2)cc1. The topological polar surface area (TPSA) is 96.5 Å². The van der Waals surface area contributed by atoms with Crippen molar-refractivity contribution in [3.63, 3.8) is 0 Å². The Hall–Kier alpha value is -3.87. The standard InChI is InChI=1S/C25H25N3O4/c1-2-32-20-11-9-19(10-12-20)27-23(29)15-26-25(31)21-13-17-5-3-4-6-18(17)14-22(21)28-24(30)16-7-8-16/h3-6,9-14,16H,2,7-8,15H2,1H3,(H,26,31)(H,27,29)(H,28,30). The van der Waals surface area contributed by atoms with Gasteiger partial charge in [0.1, 0.15) is 5.75 Å². The van der Waals surface area contributed by atoms with Gasteiger partial charge in [0.2, 0.25) is 11.8 Å². The highest BCUT2D eigenvalue weighted by Gasteiger charge is 2.30. The highest BCUT2D eigenvalue weighted by Crippen LogP contribution is 2.32. The largest absolute Gasteiger partial charge is 0.494 e. The van der Waals surface area contributed by atoms with Crippen molar-refractivity contribution in [1.29, 1.82) is 0 Å². The molecule has 3 N–H and O–H groups in total. The molecule has 0 heterocycles. The summed E-state index contributed by atoms with van der Waals surface area (Å²) >= 11 is 0. The number of fused-ring (bicyclic) bond motifs is 1. The van der Waals surface area contributed by atoms with E-state index < -0.39 is 5.91 Å². The summed E-state index contributed by atoms with van der Waals surface area (Å²) in [5.41, 5.74) is 1.38. The molecule has 32 heavy (non-hydrogen) atoms. The van der Waals surface area contributed by atoms with E-state index in [1.54, 1.807) is 36.4 Å². The van der Waals surface area contributed by atoms with Gasteiger partial charge in [-0.05, 0) is 66.9 Å². The van der Waals surface area contributed by atoms with Crippen LogP contribution in [0.3, 0.4) is 0 Å². The Morgan fingerprint density at radius 2 is 1.62 bits per heavy atom. The van der Waals surface area contributed by atoms with Gasteiger partial charge in [0, 0.05) is 11.6 Å². The third kappa shape index (κ3) is 5.24. The molecule has 0 radical (unpaired) electrons. The second-order valence-corrected chi connectivity index (χ2v) is 7.70. The van der Waals surface area contributed by atoms with Crippen LogP contribution in [-0.4, -0.2) is 30.9 Å². The molecule has 3 aromatic carbocycles. The van der Waals surface area contributed by atoms with E-state index in [1.165, 1.54) is 0 Å². The van der Waals surface area contributed by atoms with Crippen LogP contribution in [0.15, 0.2) is 60.7 Å². The molecule has 4 rings (SSSR count). The molecule has 1 saturated carbocycles. The molecule has 3 amide bonds. The first-order valence-electron chi connectivity index (χ1n) is 10.7. The summed E-state index contributed by atoms with van der Waals surface area (Å²) in [4.78, 5) is 37.5. The quantitative estimate of drug-likeness (QED) is 0.503. The first-order chi connectivity index (χ1) is 15.5. The molecule has 7 nitrogen and oxygen atoms in total. The van der Waals surface area contributed by atoms with Crippen LogP contribution in [0.2, 0.25) is 0 Å². The fourth-order valence-corrected chi connectivity index (χ4v) is 3.37. The second-order valence-electron chi connectivity index (χ2n) is 7.70. The Balaban J connectivity index is 1.43. The Morgan fingerprint density at radius 1 is 0.938 bits per heavy atom. The summed E-state index contributed by atoms with van der Waals surface area (Å²) in [6, 6.07) is 18.1. The molecule has 0 saturated heterocycles. The third-order valence-corrected chi connectivity index (χ3v) is 5.20. The van der Waals surface area contributed by atoms with E-state index in [-0.39, 0.29) is 24.3 Å². The van der Waals surface area contributed by atoms with E-state index >= 15 is 0 Å². The minimum absolute atomic E-state index is 0.0114. The van der Waals surface area contributed by atoms with Crippen LogP contribution in [0, 0.1) is 5.92 Å². The van der Waals surface area contributed by atoms with E-state index in [1.807, 2.05) is 31.2 Å². The lowest BCUT2D eigenvalue weighted by Gasteiger charge is -2.13. The molecule has 1 aliphatic carbocycles. The highest BCUT2D eigenvalue weighted by molar-refractivity contribution is 6.09. The van der Waals surface area contributed by atoms with Gasteiger partial charge < -0.3 is 20.7 Å². The van der Waals surface area contributed by atoms with Gasteiger partial charge in [-0.2, -0.15) is 0 Å². The summed E-state index contributed by atoms with van der Waals surface area (Å²) in [5.74, 6) is -0.133. The smallest absolute Gasteiger partial charge is 0.253 e. The van der Waals surface area contributed by atoms with Gasteiger partial charge in [-0.3, -0.25) is 14.4 Å². The van der Waals surface area contributed by atoms with E-state index in [9.17, 15) is 14.4 Å². The maximum absolute atomic E-state index is 12.9. The Kier molecular flexibility index (Phi) is 6.35. The minimum atomic E-state index is -0.427. The molecular weight excluding hydrogens is 406 g/mol. The molecule has 164 valence electrons. The zero-order valence-electron chi connectivity index (χ0n) is 17.8. The maximum atomic E-state index is 12.9. The summed E-state index contributed by atoms with van der Waals surface area (Å²) in [6.07, 6.45) is 1.74. The van der Waals surface area contributed by atoms with Crippen LogP contribution >= 0.6 is 0 Å². The number of anilines is 2. The van der Waals surface area contributed by atoms with Crippen molar-refractivity contribution in [2.75, 3.05) is 23.8 Å². The van der Waals surface area contributed by atoms with Crippen molar-refractivity contribution >= 4 is 39.9 Å². The van der Waals surface area contributed by atoms with E-state index in [2.05, 4.69) is 16.0 Å². The monoisotopic (exact) mass is 431 g/mol. The summed E-state index contributed by atoms with van der Waals surface area (Å²) in [5, 5.41) is 10.1. The molecule has 0 bridgehead atoms. The van der Waals surface area contributed by atoms with Crippen molar-refractivity contribution in [3.8, 4) is 5.75 Å². The van der Waals surface area contributed by atoms with Gasteiger partial charge in [-0.25, -0.2) is 0 Å². The fraction of sp³-hybridized carbons (Fsp3) is 0.240. The zero-order valence-corrected chi connectivity index (χ0v) is 17.8. The number of carbonyl (C=O) groups is 3. The number of hydrogen-bond donors (Lipinski definition) is 3. The van der Waals surface area contributed by atoms with Gasteiger partial charge in [-0.1, -0.05) is 24.3 Å². The van der Waals surface area contributed by atoms with Crippen molar-refractivity contribution in [3.05, 3.63) is 66.2 Å². The van der Waals surface area contributed by atoms with Crippen molar-refractivity contribution in [2.24, 2.45) is 5.92 Å². The fourth-order valence-electron chi connectivity index (χ4n) is 3.37. The van der Waals surface area contributed by atoms with Gasteiger partial charge in [0.25, 0.3) is 5.91 Å². The molecule has 0 aromatic heterocycles. The molecule has 0 atom stereocenters. The molecule has 1 aliphatic rings. The number of hydrogen-bond acceptors (Lipinski definition) is 4. The van der Waals surface area contributed by atoms with Crippen LogP contribution in [0.4, 0.5) is 11.4 Å². The van der Waals surface area contributed by atoms with Gasteiger partial charge in [0.15, 0.2) is 0 Å². The van der Waals surface area contributed by atoms with Crippen LogP contribution in [0.1, 0.15) is 30.1 Å². The lowest BCUT2D eigenvalue weighted by atomic mass is 10.0. The molecule has 7 heteroatoms. The molecule has 3 aromatic rings. The minimum Gasteiger partial charge on any atom is -0.494 e. The Labute approximate surface area is 186 Å². The number of amides is 3. The lowest BCUT2D eigenvalue weighted by molar-refractivity contribution is -0.117. The third-order valence-electron chi connectivity index (χ3n) is 5.20. The summed E-state index contributed by atoms with van der Waals surface area (Å²) in [7, 11) is 0. The highest BCUT2D eigenvalue weighted by atomic mass is 16.5. The first-order valence-corrected chi connectivity index (χ1v) is 10.7. The van der Waals surface area contributed by atoms with Crippen LogP contribution in [0.5, 0.6) is 5.75 Å². The number of rotatable bonds is 8. The molecule has 0 unspecified atom stereocenters. The predicted molar refractivity (Wildman–Crippen MR) is 124 cm³/mol. The molecule has 0 aliphatic heterocycles. The molecule has 0 spiro atoms. The van der Waals surface area contributed by atoms with Gasteiger partial charge in [-0.15, -0.1) is 0 Å². The van der Waals surface area contributed by atoms with Gasteiger partial charge >= 0.3 is 0 Å². The lowest BCUT2D eigenvalue weighted by Crippen LogP contribution is -2.33. The average molecular weight is 431 g/mol. The van der Waals surface area contributed by atoms with Crippen molar-refractivity contribution in [2.45, 2.75) is 19.8 Å². The van der Waals surface area contributed by atoms with Crippen LogP contribution < -0.4 is 20.7 Å². The Bertz CT molecular complexity index is 1150. The number of carbonyl (C=O) groups excluding carboxylic acids is 3. The first kappa shape index (κ1) is 21.4. The summed E-state index contributed by atoms with van der Waals surface area (Å²) < 4.78 is 5.38. The van der Waals surface area contributed by atoms with Crippen molar-refractivity contribution < 1.29 is 19.1 Å². The number of ether oxygens (including phenoxy) is 1. The average Bonchev–Trinajstić information content (AvgIpc) is 3.64. The number of benzene rings is 3. The predicted octanol–water partition coefficient (Wildman–Crippen LogP) is 3.96. The van der Waals surface area contributed by atoms with E-state index in [0.29, 0.717) is 23.5 Å². The van der Waals surface area contributed by atoms with E-state index in [0.717, 1.165) is 29.4 Å².